The molecule has 0 bridgehead atoms. The van der Waals surface area contributed by atoms with Gasteiger partial charge >= 0.3 is 5.97 Å². The summed E-state index contributed by atoms with van der Waals surface area (Å²) >= 11 is 6.03. The number of hydrogen-bond acceptors (Lipinski definition) is 6. The van der Waals surface area contributed by atoms with E-state index < -0.39 is 24.6 Å². The van der Waals surface area contributed by atoms with Crippen LogP contribution < -0.4 is 14.8 Å². The van der Waals surface area contributed by atoms with E-state index in [1.807, 2.05) is 6.07 Å². The summed E-state index contributed by atoms with van der Waals surface area (Å²) in [5.74, 6) is -0.591. The van der Waals surface area contributed by atoms with Crippen molar-refractivity contribution in [3.05, 3.63) is 58.6 Å². The van der Waals surface area contributed by atoms with Crippen molar-refractivity contribution in [1.29, 1.82) is 0 Å². The van der Waals surface area contributed by atoms with Crippen molar-refractivity contribution in [3.8, 4) is 11.5 Å². The van der Waals surface area contributed by atoms with Crippen LogP contribution in [0.2, 0.25) is 5.02 Å². The summed E-state index contributed by atoms with van der Waals surface area (Å²) in [5.41, 5.74) is 1.17. The summed E-state index contributed by atoms with van der Waals surface area (Å²) in [5, 5.41) is 3.19. The summed E-state index contributed by atoms with van der Waals surface area (Å²) in [4.78, 5) is 34.8. The summed E-state index contributed by atoms with van der Waals surface area (Å²) in [7, 11) is 1.42. The third-order valence-electron chi connectivity index (χ3n) is 3.76. The highest BCUT2D eigenvalue weighted by atomic mass is 35.5. The van der Waals surface area contributed by atoms with Gasteiger partial charge in [-0.2, -0.15) is 0 Å². The van der Waals surface area contributed by atoms with Crippen molar-refractivity contribution in [2.75, 3.05) is 13.7 Å². The highest BCUT2D eigenvalue weighted by Crippen LogP contribution is 2.27. The lowest BCUT2D eigenvalue weighted by atomic mass is 10.2. The molecule has 8 heteroatoms. The molecule has 0 saturated heterocycles. The van der Waals surface area contributed by atoms with Crippen molar-refractivity contribution >= 4 is 29.8 Å². The Bertz CT molecular complexity index is 854. The molecule has 0 unspecified atom stereocenters. The Morgan fingerprint density at radius 1 is 1.18 bits per heavy atom. The van der Waals surface area contributed by atoms with Crippen LogP contribution in [0.25, 0.3) is 0 Å². The van der Waals surface area contributed by atoms with Crippen molar-refractivity contribution in [3.63, 3.8) is 0 Å². The summed E-state index contributed by atoms with van der Waals surface area (Å²) in [6.07, 6.45) is -0.332. The predicted octanol–water partition coefficient (Wildman–Crippen LogP) is 2.79. The molecule has 28 heavy (non-hydrogen) atoms. The van der Waals surface area contributed by atoms with Crippen LogP contribution in [0, 0.1) is 0 Å². The van der Waals surface area contributed by atoms with Gasteiger partial charge < -0.3 is 19.5 Å². The minimum Gasteiger partial charge on any atom is -0.493 e. The highest BCUT2D eigenvalue weighted by molar-refractivity contribution is 6.31. The molecule has 0 aliphatic heterocycles. The number of carbonyl (C=O) groups is 3. The maximum absolute atomic E-state index is 12.1. The van der Waals surface area contributed by atoms with Gasteiger partial charge in [0.05, 0.1) is 7.11 Å². The van der Waals surface area contributed by atoms with E-state index in [9.17, 15) is 14.4 Å². The van der Waals surface area contributed by atoms with Crippen LogP contribution in [0.3, 0.4) is 0 Å². The first kappa shape index (κ1) is 21.2. The molecule has 0 heterocycles. The normalized spacial score (nSPS) is 11.2. The number of aldehydes is 1. The molecule has 1 atom stereocenters. The fourth-order valence-electron chi connectivity index (χ4n) is 2.27. The average Bonchev–Trinajstić information content (AvgIpc) is 2.71. The lowest BCUT2D eigenvalue weighted by Crippen LogP contribution is -2.36. The predicted molar refractivity (Wildman–Crippen MR) is 103 cm³/mol. The fraction of sp³-hybridized carbons (Fsp3) is 0.250. The third kappa shape index (κ3) is 5.99. The maximum atomic E-state index is 12.1. The molecule has 0 aliphatic carbocycles. The number of esters is 1. The number of amides is 1. The molecule has 0 spiro atoms. The summed E-state index contributed by atoms with van der Waals surface area (Å²) in [6.45, 7) is 1.26. The quantitative estimate of drug-likeness (QED) is 0.509. The van der Waals surface area contributed by atoms with Gasteiger partial charge in [-0.05, 0) is 36.8 Å². The van der Waals surface area contributed by atoms with Crippen molar-refractivity contribution in [2.24, 2.45) is 0 Å². The molecule has 2 aromatic rings. The van der Waals surface area contributed by atoms with Crippen LogP contribution in [0.5, 0.6) is 11.5 Å². The number of carbonyl (C=O) groups excluding carboxylic acids is 3. The molecule has 0 aliphatic rings. The Kier molecular flexibility index (Phi) is 7.83. The van der Waals surface area contributed by atoms with E-state index in [0.717, 1.165) is 5.56 Å². The molecule has 0 fully saturated rings. The smallest absolute Gasteiger partial charge is 0.344 e. The third-order valence-corrected chi connectivity index (χ3v) is 4.13. The van der Waals surface area contributed by atoms with Gasteiger partial charge in [0.1, 0.15) is 6.29 Å². The van der Waals surface area contributed by atoms with Gasteiger partial charge in [-0.15, -0.1) is 0 Å². The van der Waals surface area contributed by atoms with Gasteiger partial charge in [0.2, 0.25) is 0 Å². The number of hydrogen-bond donors (Lipinski definition) is 1. The van der Waals surface area contributed by atoms with E-state index in [2.05, 4.69) is 5.32 Å². The Labute approximate surface area is 167 Å². The summed E-state index contributed by atoms with van der Waals surface area (Å²) < 4.78 is 15.5. The topological polar surface area (TPSA) is 90.9 Å². The van der Waals surface area contributed by atoms with Crippen LogP contribution in [0.4, 0.5) is 0 Å². The van der Waals surface area contributed by atoms with Gasteiger partial charge in [0.15, 0.2) is 24.2 Å². The highest BCUT2D eigenvalue weighted by Gasteiger charge is 2.18. The van der Waals surface area contributed by atoms with Gasteiger partial charge in [-0.1, -0.05) is 29.8 Å². The fourth-order valence-corrected chi connectivity index (χ4v) is 2.47. The number of rotatable bonds is 9. The van der Waals surface area contributed by atoms with E-state index in [1.54, 1.807) is 18.2 Å². The molecule has 0 radical (unpaired) electrons. The lowest BCUT2D eigenvalue weighted by molar-refractivity contribution is -0.156. The van der Waals surface area contributed by atoms with Crippen molar-refractivity contribution < 1.29 is 28.6 Å². The first-order valence-electron chi connectivity index (χ1n) is 8.41. The largest absolute Gasteiger partial charge is 0.493 e. The van der Waals surface area contributed by atoms with E-state index in [-0.39, 0.29) is 12.3 Å². The SMILES string of the molecule is COc1cc(C=O)ccc1OCC(=O)O[C@H](C)C(=O)NCc1ccccc1Cl. The molecule has 0 saturated carbocycles. The second-order valence-corrected chi connectivity index (χ2v) is 6.17. The molecule has 1 amide bonds. The zero-order valence-corrected chi connectivity index (χ0v) is 16.2. The van der Waals surface area contributed by atoms with Crippen LogP contribution in [0.1, 0.15) is 22.8 Å². The second kappa shape index (κ2) is 10.3. The minimum absolute atomic E-state index is 0.219. The van der Waals surface area contributed by atoms with E-state index in [4.69, 9.17) is 25.8 Å². The van der Waals surface area contributed by atoms with Crippen LogP contribution >= 0.6 is 11.6 Å². The lowest BCUT2D eigenvalue weighted by Gasteiger charge is -2.15. The zero-order chi connectivity index (χ0) is 20.5. The van der Waals surface area contributed by atoms with Gasteiger partial charge in [0, 0.05) is 17.1 Å². The van der Waals surface area contributed by atoms with Crippen LogP contribution in [-0.2, 0) is 20.9 Å². The van der Waals surface area contributed by atoms with Crippen molar-refractivity contribution in [1.82, 2.24) is 5.32 Å². The monoisotopic (exact) mass is 405 g/mol. The Morgan fingerprint density at radius 2 is 1.93 bits per heavy atom. The molecular formula is C20H20ClNO6. The first-order valence-corrected chi connectivity index (χ1v) is 8.79. The average molecular weight is 406 g/mol. The molecule has 1 N–H and O–H groups in total. The minimum atomic E-state index is -1.00. The van der Waals surface area contributed by atoms with Gasteiger partial charge in [0.25, 0.3) is 5.91 Å². The summed E-state index contributed by atoms with van der Waals surface area (Å²) in [6, 6.07) is 11.6. The number of ether oxygens (including phenoxy) is 3. The number of nitrogens with one attached hydrogen (secondary N) is 1. The number of benzene rings is 2. The first-order chi connectivity index (χ1) is 13.4. The Balaban J connectivity index is 1.82. The molecule has 2 aromatic carbocycles. The standard InChI is InChI=1S/C20H20ClNO6/c1-13(20(25)22-10-15-5-3-4-6-16(15)21)28-19(24)12-27-17-8-7-14(11-23)9-18(17)26-2/h3-9,11,13H,10,12H2,1-2H3,(H,22,25)/t13-/m1/s1. The molecule has 2 rings (SSSR count). The maximum Gasteiger partial charge on any atom is 0.344 e. The van der Waals surface area contributed by atoms with Crippen molar-refractivity contribution in [2.45, 2.75) is 19.6 Å². The number of methoxy groups -OCH3 is 1. The molecule has 148 valence electrons. The molecular weight excluding hydrogens is 386 g/mol. The van der Waals surface area contributed by atoms with Gasteiger partial charge in [-0.25, -0.2) is 4.79 Å². The van der Waals surface area contributed by atoms with Gasteiger partial charge in [-0.3, -0.25) is 9.59 Å². The van der Waals surface area contributed by atoms with E-state index >= 15 is 0 Å². The van der Waals surface area contributed by atoms with Crippen LogP contribution in [0.15, 0.2) is 42.5 Å². The number of halogens is 1. The zero-order valence-electron chi connectivity index (χ0n) is 15.4. The van der Waals surface area contributed by atoms with E-state index in [1.165, 1.54) is 32.2 Å². The van der Waals surface area contributed by atoms with Crippen LogP contribution in [-0.4, -0.2) is 38.0 Å². The van der Waals surface area contributed by atoms with E-state index in [0.29, 0.717) is 22.6 Å². The Morgan fingerprint density at radius 3 is 2.61 bits per heavy atom. The Hall–Kier alpha value is -3.06. The molecule has 0 aromatic heterocycles. The second-order valence-electron chi connectivity index (χ2n) is 5.76. The molecule has 7 nitrogen and oxygen atoms in total.